The van der Waals surface area contributed by atoms with Crippen molar-refractivity contribution >= 4 is 35.0 Å². The van der Waals surface area contributed by atoms with Crippen LogP contribution in [0.4, 0.5) is 5.69 Å². The van der Waals surface area contributed by atoms with Crippen molar-refractivity contribution in [3.63, 3.8) is 0 Å². The summed E-state index contributed by atoms with van der Waals surface area (Å²) in [6, 6.07) is 13.4. The summed E-state index contributed by atoms with van der Waals surface area (Å²) < 4.78 is 0. The van der Waals surface area contributed by atoms with Gasteiger partial charge in [-0.15, -0.1) is 0 Å². The SMILES string of the molecule is O=C1CCC(c2cccc(-c3ccc(N4CCCC4=O)cc3)c2Cl)C(=O)N1. The van der Waals surface area contributed by atoms with Crippen LogP contribution in [0.5, 0.6) is 0 Å². The van der Waals surface area contributed by atoms with Gasteiger partial charge >= 0.3 is 0 Å². The van der Waals surface area contributed by atoms with Crippen molar-refractivity contribution in [2.45, 2.75) is 31.6 Å². The Kier molecular flexibility index (Phi) is 4.70. The number of anilines is 1. The van der Waals surface area contributed by atoms with E-state index in [1.54, 1.807) is 4.90 Å². The summed E-state index contributed by atoms with van der Waals surface area (Å²) in [6.45, 7) is 0.754. The van der Waals surface area contributed by atoms with Crippen molar-refractivity contribution in [1.29, 1.82) is 0 Å². The quantitative estimate of drug-likeness (QED) is 0.824. The molecule has 2 saturated heterocycles. The molecule has 2 aromatic rings. The van der Waals surface area contributed by atoms with Crippen molar-refractivity contribution in [1.82, 2.24) is 5.32 Å². The van der Waals surface area contributed by atoms with E-state index in [1.165, 1.54) is 0 Å². The number of amides is 3. The number of imide groups is 1. The third kappa shape index (κ3) is 3.35. The Morgan fingerprint density at radius 1 is 1.00 bits per heavy atom. The average Bonchev–Trinajstić information content (AvgIpc) is 3.09. The van der Waals surface area contributed by atoms with E-state index in [9.17, 15) is 14.4 Å². The minimum Gasteiger partial charge on any atom is -0.312 e. The molecule has 0 saturated carbocycles. The third-order valence-corrected chi connectivity index (χ3v) is 5.63. The van der Waals surface area contributed by atoms with Gasteiger partial charge in [0.15, 0.2) is 0 Å². The van der Waals surface area contributed by atoms with Crippen LogP contribution >= 0.6 is 11.6 Å². The van der Waals surface area contributed by atoms with Crippen molar-refractivity contribution in [2.75, 3.05) is 11.4 Å². The molecule has 2 aliphatic heterocycles. The molecule has 138 valence electrons. The molecule has 1 atom stereocenters. The Morgan fingerprint density at radius 3 is 2.44 bits per heavy atom. The molecule has 2 aliphatic rings. The first-order chi connectivity index (χ1) is 13.0. The van der Waals surface area contributed by atoms with Gasteiger partial charge in [0.25, 0.3) is 0 Å². The van der Waals surface area contributed by atoms with E-state index in [1.807, 2.05) is 42.5 Å². The normalized spacial score (nSPS) is 20.1. The highest BCUT2D eigenvalue weighted by Crippen LogP contribution is 2.37. The number of hydrogen-bond acceptors (Lipinski definition) is 3. The minimum absolute atomic E-state index is 0.153. The monoisotopic (exact) mass is 382 g/mol. The van der Waals surface area contributed by atoms with Gasteiger partial charge in [-0.2, -0.15) is 0 Å². The molecule has 0 aromatic heterocycles. The predicted octanol–water partition coefficient (Wildman–Crippen LogP) is 3.65. The zero-order valence-corrected chi connectivity index (χ0v) is 15.5. The van der Waals surface area contributed by atoms with Crippen molar-refractivity contribution < 1.29 is 14.4 Å². The molecule has 5 nitrogen and oxygen atoms in total. The number of nitrogens with one attached hydrogen (secondary N) is 1. The van der Waals surface area contributed by atoms with Gasteiger partial charge in [-0.25, -0.2) is 0 Å². The Labute approximate surface area is 162 Å². The summed E-state index contributed by atoms with van der Waals surface area (Å²) in [5.74, 6) is -0.805. The lowest BCUT2D eigenvalue weighted by molar-refractivity contribution is -0.134. The summed E-state index contributed by atoms with van der Waals surface area (Å²) >= 11 is 6.64. The topological polar surface area (TPSA) is 66.5 Å². The number of benzene rings is 2. The van der Waals surface area contributed by atoms with Crippen molar-refractivity contribution in [3.8, 4) is 11.1 Å². The van der Waals surface area contributed by atoms with E-state index >= 15 is 0 Å². The highest BCUT2D eigenvalue weighted by Gasteiger charge is 2.30. The molecule has 0 spiro atoms. The van der Waals surface area contributed by atoms with Crippen LogP contribution in [0.25, 0.3) is 11.1 Å². The zero-order valence-electron chi connectivity index (χ0n) is 14.7. The number of hydrogen-bond donors (Lipinski definition) is 1. The fourth-order valence-corrected chi connectivity index (χ4v) is 4.14. The molecule has 4 rings (SSSR count). The van der Waals surface area contributed by atoms with Crippen LogP contribution in [0.1, 0.15) is 37.2 Å². The molecule has 0 bridgehead atoms. The molecule has 2 fully saturated rings. The highest BCUT2D eigenvalue weighted by molar-refractivity contribution is 6.34. The number of carbonyl (C=O) groups excluding carboxylic acids is 3. The second kappa shape index (κ2) is 7.16. The van der Waals surface area contributed by atoms with Crippen LogP contribution in [-0.2, 0) is 14.4 Å². The number of rotatable bonds is 3. The van der Waals surface area contributed by atoms with Crippen LogP contribution in [0.15, 0.2) is 42.5 Å². The Morgan fingerprint density at radius 2 is 1.78 bits per heavy atom. The van der Waals surface area contributed by atoms with E-state index in [0.717, 1.165) is 35.3 Å². The average molecular weight is 383 g/mol. The van der Waals surface area contributed by atoms with E-state index < -0.39 is 5.92 Å². The molecule has 2 aromatic carbocycles. The number of carbonyl (C=O) groups is 3. The van der Waals surface area contributed by atoms with Gasteiger partial charge in [-0.05, 0) is 36.1 Å². The maximum atomic E-state index is 12.2. The van der Waals surface area contributed by atoms with Crippen LogP contribution in [-0.4, -0.2) is 24.3 Å². The molecular formula is C21H19ClN2O3. The summed E-state index contributed by atoms with van der Waals surface area (Å²) in [6.07, 6.45) is 2.27. The molecule has 0 radical (unpaired) electrons. The summed E-state index contributed by atoms with van der Waals surface area (Å²) in [7, 11) is 0. The first kappa shape index (κ1) is 17.7. The standard InChI is InChI=1S/C21H19ClN2O3/c22-20-15(3-1-4-16(20)17-10-11-18(25)23-21(17)27)13-6-8-14(9-7-13)24-12-2-5-19(24)26/h1,3-4,6-9,17H,2,5,10-12H2,(H,23,25,27). The van der Waals surface area contributed by atoms with Gasteiger partial charge < -0.3 is 4.90 Å². The summed E-state index contributed by atoms with van der Waals surface area (Å²) in [5.41, 5.74) is 3.37. The molecular weight excluding hydrogens is 364 g/mol. The summed E-state index contributed by atoms with van der Waals surface area (Å²) in [4.78, 5) is 37.3. The molecule has 1 N–H and O–H groups in total. The molecule has 3 amide bonds. The molecule has 0 aliphatic carbocycles. The molecule has 6 heteroatoms. The number of nitrogens with zero attached hydrogens (tertiary/aromatic N) is 1. The fourth-order valence-electron chi connectivity index (χ4n) is 3.77. The number of piperidine rings is 1. The van der Waals surface area contributed by atoms with Crippen LogP contribution in [0, 0.1) is 0 Å². The van der Waals surface area contributed by atoms with Crippen LogP contribution < -0.4 is 10.2 Å². The largest absolute Gasteiger partial charge is 0.312 e. The van der Waals surface area contributed by atoms with Gasteiger partial charge in [-0.3, -0.25) is 19.7 Å². The lowest BCUT2D eigenvalue weighted by Gasteiger charge is -2.23. The van der Waals surface area contributed by atoms with Gasteiger partial charge in [0.1, 0.15) is 0 Å². The van der Waals surface area contributed by atoms with Crippen molar-refractivity contribution in [2.24, 2.45) is 0 Å². The predicted molar refractivity (Wildman–Crippen MR) is 104 cm³/mol. The minimum atomic E-state index is -0.420. The first-order valence-electron chi connectivity index (χ1n) is 9.07. The molecule has 27 heavy (non-hydrogen) atoms. The first-order valence-corrected chi connectivity index (χ1v) is 9.45. The van der Waals surface area contributed by atoms with E-state index in [2.05, 4.69) is 5.32 Å². The summed E-state index contributed by atoms with van der Waals surface area (Å²) in [5, 5.41) is 2.91. The van der Waals surface area contributed by atoms with Gasteiger partial charge in [-0.1, -0.05) is 41.9 Å². The Balaban J connectivity index is 1.64. The second-order valence-electron chi connectivity index (χ2n) is 6.91. The number of halogens is 1. The van der Waals surface area contributed by atoms with Crippen LogP contribution in [0.3, 0.4) is 0 Å². The van der Waals surface area contributed by atoms with Gasteiger partial charge in [0.05, 0.1) is 10.9 Å². The molecule has 2 heterocycles. The maximum Gasteiger partial charge on any atom is 0.234 e. The Bertz CT molecular complexity index is 924. The lowest BCUT2D eigenvalue weighted by atomic mass is 9.88. The van der Waals surface area contributed by atoms with Crippen LogP contribution in [0.2, 0.25) is 5.02 Å². The maximum absolute atomic E-state index is 12.2. The van der Waals surface area contributed by atoms with Gasteiger partial charge in [0.2, 0.25) is 17.7 Å². The van der Waals surface area contributed by atoms with E-state index in [4.69, 9.17) is 11.6 Å². The van der Waals surface area contributed by atoms with Gasteiger partial charge in [0, 0.05) is 30.6 Å². The third-order valence-electron chi connectivity index (χ3n) is 5.21. The lowest BCUT2D eigenvalue weighted by Crippen LogP contribution is -2.39. The fraction of sp³-hybridized carbons (Fsp3) is 0.286. The van der Waals surface area contributed by atoms with E-state index in [-0.39, 0.29) is 17.7 Å². The highest BCUT2D eigenvalue weighted by atomic mass is 35.5. The zero-order chi connectivity index (χ0) is 19.0. The molecule has 1 unspecified atom stereocenters. The van der Waals surface area contributed by atoms with Crippen molar-refractivity contribution in [3.05, 3.63) is 53.1 Å². The Hall–Kier alpha value is -2.66. The van der Waals surface area contributed by atoms with E-state index in [0.29, 0.717) is 24.3 Å². The smallest absolute Gasteiger partial charge is 0.234 e. The second-order valence-corrected chi connectivity index (χ2v) is 7.29.